The summed E-state index contributed by atoms with van der Waals surface area (Å²) >= 11 is 0. The van der Waals surface area contributed by atoms with Gasteiger partial charge in [0.05, 0.1) is 12.1 Å². The Morgan fingerprint density at radius 3 is 2.61 bits per heavy atom. The molecule has 0 fully saturated rings. The monoisotopic (exact) mass is 254 g/mol. The lowest BCUT2D eigenvalue weighted by molar-refractivity contribution is -0.121. The van der Waals surface area contributed by atoms with E-state index in [0.29, 0.717) is 18.7 Å². The molecule has 0 spiro atoms. The zero-order valence-corrected chi connectivity index (χ0v) is 11.5. The van der Waals surface area contributed by atoms with Crippen LogP contribution in [-0.2, 0) is 11.2 Å². The number of hydrogen-bond acceptors (Lipinski definition) is 4. The van der Waals surface area contributed by atoms with Gasteiger partial charge >= 0.3 is 0 Å². The number of nitrogens with one attached hydrogen (secondary N) is 1. The van der Waals surface area contributed by atoms with E-state index in [0.717, 1.165) is 11.3 Å². The first-order chi connectivity index (χ1) is 8.35. The molecule has 0 radical (unpaired) electrons. The van der Waals surface area contributed by atoms with Gasteiger partial charge in [0.1, 0.15) is 5.76 Å². The van der Waals surface area contributed by atoms with Gasteiger partial charge < -0.3 is 14.9 Å². The van der Waals surface area contributed by atoms with E-state index in [1.807, 2.05) is 20.8 Å². The molecule has 0 unspecified atom stereocenters. The molecule has 5 heteroatoms. The van der Waals surface area contributed by atoms with Gasteiger partial charge in [0.25, 0.3) is 0 Å². The summed E-state index contributed by atoms with van der Waals surface area (Å²) in [6.07, 6.45) is 0.953. The quantitative estimate of drug-likeness (QED) is 0.803. The molecule has 0 aliphatic rings. The highest BCUT2D eigenvalue weighted by Gasteiger charge is 2.19. The van der Waals surface area contributed by atoms with Crippen molar-refractivity contribution < 1.29 is 14.4 Å². The number of rotatable bonds is 6. The summed E-state index contributed by atoms with van der Waals surface area (Å²) in [4.78, 5) is 11.8. The highest BCUT2D eigenvalue weighted by Crippen LogP contribution is 2.18. The number of aliphatic hydroxyl groups is 1. The fourth-order valence-electron chi connectivity index (χ4n) is 1.71. The number of aliphatic hydroxyl groups excluding tert-OH is 1. The smallest absolute Gasteiger partial charge is 0.224 e. The molecule has 1 amide bonds. The maximum atomic E-state index is 11.8. The third-order valence-corrected chi connectivity index (χ3v) is 3.07. The van der Waals surface area contributed by atoms with Crippen LogP contribution in [0, 0.1) is 19.3 Å². The fourth-order valence-corrected chi connectivity index (χ4v) is 1.71. The van der Waals surface area contributed by atoms with Crippen molar-refractivity contribution in [1.29, 1.82) is 0 Å². The molecular formula is C13H22N2O3. The molecule has 5 nitrogen and oxygen atoms in total. The van der Waals surface area contributed by atoms with Crippen LogP contribution < -0.4 is 5.32 Å². The molecule has 1 heterocycles. The van der Waals surface area contributed by atoms with Crippen LogP contribution in [0.25, 0.3) is 0 Å². The molecule has 0 saturated heterocycles. The molecule has 2 N–H and O–H groups in total. The summed E-state index contributed by atoms with van der Waals surface area (Å²) in [5, 5.41) is 15.6. The second kappa shape index (κ2) is 6.00. The lowest BCUT2D eigenvalue weighted by Gasteiger charge is -2.23. The highest BCUT2D eigenvalue weighted by molar-refractivity contribution is 5.79. The van der Waals surface area contributed by atoms with E-state index in [-0.39, 0.29) is 24.3 Å². The maximum Gasteiger partial charge on any atom is 0.224 e. The molecule has 102 valence electrons. The topological polar surface area (TPSA) is 75.4 Å². The summed E-state index contributed by atoms with van der Waals surface area (Å²) in [5.74, 6) is 0.646. The largest absolute Gasteiger partial charge is 0.396 e. The van der Waals surface area contributed by atoms with E-state index in [1.165, 1.54) is 0 Å². The Morgan fingerprint density at radius 1 is 1.44 bits per heavy atom. The minimum absolute atomic E-state index is 0.0459. The molecule has 1 rings (SSSR count). The molecule has 0 atom stereocenters. The third-order valence-electron chi connectivity index (χ3n) is 3.07. The first-order valence-electron chi connectivity index (χ1n) is 6.15. The lowest BCUT2D eigenvalue weighted by Crippen LogP contribution is -2.35. The number of nitrogens with zero attached hydrogens (tertiary/aromatic N) is 1. The fraction of sp³-hybridized carbons (Fsp3) is 0.692. The van der Waals surface area contributed by atoms with Crippen LogP contribution in [0.3, 0.4) is 0 Å². The van der Waals surface area contributed by atoms with Crippen LogP contribution in [0.5, 0.6) is 0 Å². The highest BCUT2D eigenvalue weighted by atomic mass is 16.5. The van der Waals surface area contributed by atoms with Crippen molar-refractivity contribution in [1.82, 2.24) is 10.5 Å². The standard InChI is InChI=1S/C13H22N2O3/c1-9-11(10(2)18-15-9)7-12(17)14-8-13(3,4)5-6-16/h16H,5-8H2,1-4H3,(H,14,17). The summed E-state index contributed by atoms with van der Waals surface area (Å²) in [6, 6.07) is 0. The van der Waals surface area contributed by atoms with Gasteiger partial charge in [-0.25, -0.2) is 0 Å². The number of aryl methyl sites for hydroxylation is 2. The van der Waals surface area contributed by atoms with Crippen LogP contribution in [0.4, 0.5) is 0 Å². The van der Waals surface area contributed by atoms with Gasteiger partial charge in [-0.15, -0.1) is 0 Å². The minimum atomic E-state index is -0.0941. The van der Waals surface area contributed by atoms with Crippen molar-refractivity contribution in [2.75, 3.05) is 13.2 Å². The molecular weight excluding hydrogens is 232 g/mol. The molecule has 18 heavy (non-hydrogen) atoms. The Bertz CT molecular complexity index is 391. The van der Waals surface area contributed by atoms with Crippen LogP contribution in [0.15, 0.2) is 4.52 Å². The van der Waals surface area contributed by atoms with Crippen LogP contribution in [0.2, 0.25) is 0 Å². The Kier molecular flexibility index (Phi) is 4.90. The van der Waals surface area contributed by atoms with Crippen molar-refractivity contribution in [3.05, 3.63) is 17.0 Å². The molecule has 0 saturated carbocycles. The van der Waals surface area contributed by atoms with E-state index < -0.39 is 0 Å². The predicted octanol–water partition coefficient (Wildman–Crippen LogP) is 1.36. The van der Waals surface area contributed by atoms with Gasteiger partial charge in [-0.3, -0.25) is 4.79 Å². The normalized spacial score (nSPS) is 11.6. The van der Waals surface area contributed by atoms with Crippen molar-refractivity contribution in [2.24, 2.45) is 5.41 Å². The zero-order valence-electron chi connectivity index (χ0n) is 11.5. The van der Waals surface area contributed by atoms with Crippen molar-refractivity contribution >= 4 is 5.91 Å². The van der Waals surface area contributed by atoms with Gasteiger partial charge in [-0.1, -0.05) is 19.0 Å². The summed E-state index contributed by atoms with van der Waals surface area (Å²) < 4.78 is 5.02. The van der Waals surface area contributed by atoms with E-state index >= 15 is 0 Å². The lowest BCUT2D eigenvalue weighted by atomic mass is 9.89. The van der Waals surface area contributed by atoms with E-state index in [4.69, 9.17) is 9.63 Å². The summed E-state index contributed by atoms with van der Waals surface area (Å²) in [5.41, 5.74) is 1.52. The van der Waals surface area contributed by atoms with Crippen molar-refractivity contribution in [2.45, 2.75) is 40.5 Å². The average molecular weight is 254 g/mol. The zero-order chi connectivity index (χ0) is 13.8. The molecule has 1 aromatic rings. The number of carbonyl (C=O) groups excluding carboxylic acids is 1. The van der Waals surface area contributed by atoms with Gasteiger partial charge in [0.2, 0.25) is 5.91 Å². The second-order valence-corrected chi connectivity index (χ2v) is 5.39. The molecule has 0 bridgehead atoms. The Morgan fingerprint density at radius 2 is 2.11 bits per heavy atom. The van der Waals surface area contributed by atoms with Crippen LogP contribution >= 0.6 is 0 Å². The van der Waals surface area contributed by atoms with E-state index in [1.54, 1.807) is 6.92 Å². The van der Waals surface area contributed by atoms with E-state index in [2.05, 4.69) is 10.5 Å². The van der Waals surface area contributed by atoms with Crippen molar-refractivity contribution in [3.63, 3.8) is 0 Å². The number of hydrogen-bond donors (Lipinski definition) is 2. The Balaban J connectivity index is 2.48. The molecule has 1 aromatic heterocycles. The first kappa shape index (κ1) is 14.7. The van der Waals surface area contributed by atoms with Gasteiger partial charge in [-0.2, -0.15) is 0 Å². The van der Waals surface area contributed by atoms with Crippen LogP contribution in [-0.4, -0.2) is 29.3 Å². The Hall–Kier alpha value is -1.36. The molecule has 0 aliphatic carbocycles. The summed E-state index contributed by atoms with van der Waals surface area (Å²) in [7, 11) is 0. The van der Waals surface area contributed by atoms with Gasteiger partial charge in [-0.05, 0) is 25.7 Å². The predicted molar refractivity (Wildman–Crippen MR) is 68.2 cm³/mol. The maximum absolute atomic E-state index is 11.8. The Labute approximate surface area is 108 Å². The van der Waals surface area contributed by atoms with Crippen LogP contribution in [0.1, 0.15) is 37.3 Å². The van der Waals surface area contributed by atoms with Gasteiger partial charge in [0, 0.05) is 18.7 Å². The molecule has 0 aliphatic heterocycles. The van der Waals surface area contributed by atoms with Gasteiger partial charge in [0.15, 0.2) is 0 Å². The average Bonchev–Trinajstić information content (AvgIpc) is 2.58. The van der Waals surface area contributed by atoms with Crippen molar-refractivity contribution in [3.8, 4) is 0 Å². The third kappa shape index (κ3) is 4.14. The van der Waals surface area contributed by atoms with E-state index in [9.17, 15) is 4.79 Å². The second-order valence-electron chi connectivity index (χ2n) is 5.39. The SMILES string of the molecule is Cc1noc(C)c1CC(=O)NCC(C)(C)CCO. The number of amides is 1. The summed E-state index contributed by atoms with van der Waals surface area (Å²) in [6.45, 7) is 8.34. The number of carbonyl (C=O) groups is 1. The number of aromatic nitrogens is 1. The first-order valence-corrected chi connectivity index (χ1v) is 6.15. The molecule has 0 aromatic carbocycles. The minimum Gasteiger partial charge on any atom is -0.396 e.